The molecule has 0 aliphatic carbocycles. The smallest absolute Gasteiger partial charge is 0.144 e. The average Bonchev–Trinajstić information content (AvgIpc) is 2.78. The third kappa shape index (κ3) is 2.47. The second-order valence-corrected chi connectivity index (χ2v) is 5.83. The maximum atomic E-state index is 13.8. The van der Waals surface area contributed by atoms with Gasteiger partial charge < -0.3 is 5.01 Å². The molecule has 1 saturated heterocycles. The largest absolute Gasteiger partial charge is 0.311 e. The summed E-state index contributed by atoms with van der Waals surface area (Å²) in [6.07, 6.45) is 4.20. The average molecular weight is 316 g/mol. The highest BCUT2D eigenvalue weighted by molar-refractivity contribution is 6.31. The van der Waals surface area contributed by atoms with E-state index >= 15 is 0 Å². The van der Waals surface area contributed by atoms with E-state index in [4.69, 9.17) is 23.2 Å². The highest BCUT2D eigenvalue weighted by Crippen LogP contribution is 2.25. The Hall–Kier alpha value is -1.00. The summed E-state index contributed by atoms with van der Waals surface area (Å²) >= 11 is 11.7. The zero-order chi connectivity index (χ0) is 14.1. The molecule has 1 aromatic heterocycles. The Balaban J connectivity index is 2.14. The van der Waals surface area contributed by atoms with Crippen LogP contribution in [0, 0.1) is 5.82 Å². The lowest BCUT2D eigenvalue weighted by Gasteiger charge is -2.31. The van der Waals surface area contributed by atoms with E-state index in [2.05, 4.69) is 9.99 Å². The quantitative estimate of drug-likeness (QED) is 0.805. The van der Waals surface area contributed by atoms with Crippen molar-refractivity contribution in [1.82, 2.24) is 9.66 Å². The number of hydrogen-bond acceptors (Lipinski definition) is 2. The number of fused-ring (bicyclic) bond motifs is 1. The van der Waals surface area contributed by atoms with Crippen LogP contribution < -0.4 is 5.01 Å². The number of piperidine rings is 1. The first kappa shape index (κ1) is 14.0. The van der Waals surface area contributed by atoms with E-state index in [9.17, 15) is 4.39 Å². The summed E-state index contributed by atoms with van der Waals surface area (Å²) in [5.41, 5.74) is 1.50. The van der Waals surface area contributed by atoms with E-state index in [0.29, 0.717) is 12.3 Å². The fourth-order valence-corrected chi connectivity index (χ4v) is 3.08. The van der Waals surface area contributed by atoms with Crippen molar-refractivity contribution in [2.75, 3.05) is 24.0 Å². The van der Waals surface area contributed by atoms with Crippen LogP contribution in [0.1, 0.15) is 25.1 Å². The van der Waals surface area contributed by atoms with E-state index in [-0.39, 0.29) is 5.02 Å². The summed E-state index contributed by atoms with van der Waals surface area (Å²) < 4.78 is 15.8. The third-order valence-corrected chi connectivity index (χ3v) is 4.15. The van der Waals surface area contributed by atoms with E-state index < -0.39 is 5.82 Å². The lowest BCUT2D eigenvalue weighted by atomic mass is 10.2. The molecule has 1 aliphatic heterocycles. The van der Waals surface area contributed by atoms with Crippen molar-refractivity contribution in [2.45, 2.75) is 25.7 Å². The fraction of sp³-hybridized carbons (Fsp3) is 0.500. The van der Waals surface area contributed by atoms with Gasteiger partial charge >= 0.3 is 0 Å². The minimum Gasteiger partial charge on any atom is -0.311 e. The number of imidazole rings is 1. The molecule has 3 nitrogen and oxygen atoms in total. The van der Waals surface area contributed by atoms with Gasteiger partial charge in [0.15, 0.2) is 0 Å². The van der Waals surface area contributed by atoms with Gasteiger partial charge in [-0.25, -0.2) is 14.1 Å². The molecule has 0 radical (unpaired) electrons. The molecule has 0 N–H and O–H groups in total. The van der Waals surface area contributed by atoms with E-state index in [1.165, 1.54) is 12.5 Å². The molecule has 0 unspecified atom stereocenters. The zero-order valence-corrected chi connectivity index (χ0v) is 12.6. The van der Waals surface area contributed by atoms with Crippen molar-refractivity contribution in [3.63, 3.8) is 0 Å². The predicted molar refractivity (Wildman–Crippen MR) is 80.9 cm³/mol. The summed E-state index contributed by atoms with van der Waals surface area (Å²) in [6, 6.07) is 3.06. The molecule has 20 heavy (non-hydrogen) atoms. The molecule has 0 spiro atoms. The Kier molecular flexibility index (Phi) is 4.03. The molecule has 0 amide bonds. The van der Waals surface area contributed by atoms with Gasteiger partial charge in [-0.05, 0) is 25.3 Å². The Morgan fingerprint density at radius 2 is 1.95 bits per heavy atom. The number of halogens is 3. The van der Waals surface area contributed by atoms with Crippen molar-refractivity contribution in [3.8, 4) is 0 Å². The van der Waals surface area contributed by atoms with Gasteiger partial charge in [0, 0.05) is 31.5 Å². The maximum absolute atomic E-state index is 13.8. The molecule has 1 aromatic carbocycles. The van der Waals surface area contributed by atoms with Crippen LogP contribution in [0.5, 0.6) is 0 Å². The lowest BCUT2D eigenvalue weighted by molar-refractivity contribution is 0.476. The topological polar surface area (TPSA) is 21.1 Å². The second kappa shape index (κ2) is 5.78. The molecule has 108 valence electrons. The predicted octanol–water partition coefficient (Wildman–Crippen LogP) is 3.73. The van der Waals surface area contributed by atoms with Gasteiger partial charge in [-0.15, -0.1) is 11.6 Å². The summed E-state index contributed by atoms with van der Waals surface area (Å²) in [6.45, 7) is 1.93. The van der Waals surface area contributed by atoms with Crippen molar-refractivity contribution < 1.29 is 4.39 Å². The zero-order valence-electron chi connectivity index (χ0n) is 11.1. The number of aromatic nitrogens is 2. The molecule has 2 aromatic rings. The van der Waals surface area contributed by atoms with Crippen LogP contribution in [0.15, 0.2) is 12.1 Å². The lowest BCUT2D eigenvalue weighted by Crippen LogP contribution is -2.40. The summed E-state index contributed by atoms with van der Waals surface area (Å²) in [7, 11) is 0. The van der Waals surface area contributed by atoms with E-state index in [1.807, 2.05) is 4.68 Å². The first-order valence-electron chi connectivity index (χ1n) is 6.88. The van der Waals surface area contributed by atoms with Gasteiger partial charge in [0.25, 0.3) is 0 Å². The first-order chi connectivity index (χ1) is 9.70. The summed E-state index contributed by atoms with van der Waals surface area (Å²) in [5, 5.41) is 2.34. The molecule has 2 heterocycles. The van der Waals surface area contributed by atoms with Gasteiger partial charge in [0.1, 0.15) is 11.6 Å². The Morgan fingerprint density at radius 3 is 2.65 bits per heavy atom. The van der Waals surface area contributed by atoms with Crippen molar-refractivity contribution >= 4 is 34.2 Å². The fourth-order valence-electron chi connectivity index (χ4n) is 2.75. The van der Waals surface area contributed by atoms with Crippen LogP contribution in [-0.4, -0.2) is 28.6 Å². The number of rotatable bonds is 3. The Morgan fingerprint density at radius 1 is 1.20 bits per heavy atom. The molecule has 3 rings (SSSR count). The Bertz CT molecular complexity index is 620. The number of aryl methyl sites for hydroxylation is 1. The summed E-state index contributed by atoms with van der Waals surface area (Å²) in [5.74, 6) is 0.959. The molecular formula is C14H16Cl2FN3. The normalized spacial score (nSPS) is 16.1. The molecule has 1 aliphatic rings. The van der Waals surface area contributed by atoms with Crippen LogP contribution in [0.3, 0.4) is 0 Å². The summed E-state index contributed by atoms with van der Waals surface area (Å²) in [4.78, 5) is 4.57. The number of nitrogens with zero attached hydrogens (tertiary/aromatic N) is 3. The minimum absolute atomic E-state index is 0.109. The van der Waals surface area contributed by atoms with Gasteiger partial charge in [-0.3, -0.25) is 0 Å². The van der Waals surface area contributed by atoms with Crippen LogP contribution in [0.2, 0.25) is 5.02 Å². The van der Waals surface area contributed by atoms with Gasteiger partial charge in [0.2, 0.25) is 0 Å². The monoisotopic (exact) mass is 315 g/mol. The Labute approximate surface area is 127 Å². The van der Waals surface area contributed by atoms with Crippen LogP contribution >= 0.6 is 23.2 Å². The molecule has 0 saturated carbocycles. The minimum atomic E-state index is -0.408. The number of benzene rings is 1. The molecule has 0 bridgehead atoms. The van der Waals surface area contributed by atoms with Crippen LogP contribution in [-0.2, 0) is 6.42 Å². The number of hydrogen-bond donors (Lipinski definition) is 0. The van der Waals surface area contributed by atoms with Crippen LogP contribution in [0.25, 0.3) is 11.0 Å². The van der Waals surface area contributed by atoms with Crippen molar-refractivity contribution in [3.05, 3.63) is 28.8 Å². The SMILES string of the molecule is Fc1cc2c(cc1Cl)nc(CCCl)n2N1CCCCC1. The molecule has 1 fully saturated rings. The van der Waals surface area contributed by atoms with E-state index in [1.54, 1.807) is 6.07 Å². The number of alkyl halides is 1. The highest BCUT2D eigenvalue weighted by atomic mass is 35.5. The molecule has 0 atom stereocenters. The standard InChI is InChI=1S/C14H16Cl2FN3/c15-5-4-14-18-12-8-10(16)11(17)9-13(12)20(14)19-6-2-1-3-7-19/h8-9H,1-7H2. The van der Waals surface area contributed by atoms with Crippen molar-refractivity contribution in [2.24, 2.45) is 0 Å². The van der Waals surface area contributed by atoms with Gasteiger partial charge in [-0.2, -0.15) is 0 Å². The van der Waals surface area contributed by atoms with E-state index in [0.717, 1.165) is 42.8 Å². The first-order valence-corrected chi connectivity index (χ1v) is 7.79. The second-order valence-electron chi connectivity index (χ2n) is 5.05. The molecular weight excluding hydrogens is 300 g/mol. The molecule has 6 heteroatoms. The van der Waals surface area contributed by atoms with Gasteiger partial charge in [-0.1, -0.05) is 11.6 Å². The van der Waals surface area contributed by atoms with Crippen molar-refractivity contribution in [1.29, 1.82) is 0 Å². The third-order valence-electron chi connectivity index (χ3n) is 3.67. The maximum Gasteiger partial charge on any atom is 0.144 e. The van der Waals surface area contributed by atoms with Crippen LogP contribution in [0.4, 0.5) is 4.39 Å². The van der Waals surface area contributed by atoms with Gasteiger partial charge in [0.05, 0.1) is 16.1 Å². The highest BCUT2D eigenvalue weighted by Gasteiger charge is 2.19.